The summed E-state index contributed by atoms with van der Waals surface area (Å²) in [5, 5.41) is 0. The quantitative estimate of drug-likeness (QED) is 0.385. The molecule has 0 aliphatic carbocycles. The van der Waals surface area contributed by atoms with E-state index in [1.165, 1.54) is 0 Å². The monoisotopic (exact) mass is 338 g/mol. The molecule has 0 atom stereocenters. The Kier molecular flexibility index (Phi) is 29.0. The standard InChI is InChI=1S/C8H18.C5H12.C4H12Si.4CH4/c1-7(2,3)8(4,5)6;2*1-5(2,3)4;;;;/h1-6H3;2*1-4H3;4*1H4. The van der Waals surface area contributed by atoms with Crippen LogP contribution in [0.4, 0.5) is 0 Å². The van der Waals surface area contributed by atoms with E-state index in [9.17, 15) is 0 Å². The summed E-state index contributed by atoms with van der Waals surface area (Å²) in [5.74, 6) is 0. The van der Waals surface area contributed by atoms with Gasteiger partial charge in [-0.15, -0.1) is 0 Å². The summed E-state index contributed by atoms with van der Waals surface area (Å²) in [6, 6.07) is 0. The van der Waals surface area contributed by atoms with E-state index in [1.807, 2.05) is 0 Å². The molecule has 0 amide bonds. The molecule has 0 unspecified atom stereocenters. The summed E-state index contributed by atoms with van der Waals surface area (Å²) in [7, 11) is -0.611. The molecule has 0 fully saturated rings. The van der Waals surface area contributed by atoms with Crippen molar-refractivity contribution < 1.29 is 0 Å². The van der Waals surface area contributed by atoms with Gasteiger partial charge < -0.3 is 0 Å². The Morgan fingerprint density at radius 2 is 0.455 bits per heavy atom. The Balaban J connectivity index is -0.0000000291. The zero-order chi connectivity index (χ0) is 16.0. The molecule has 0 saturated heterocycles. The lowest BCUT2D eigenvalue weighted by Crippen LogP contribution is -2.25. The van der Waals surface area contributed by atoms with Crippen molar-refractivity contribution in [2.75, 3.05) is 0 Å². The van der Waals surface area contributed by atoms with Gasteiger partial charge in [0.05, 0.1) is 0 Å². The van der Waals surface area contributed by atoms with Crippen LogP contribution in [0.2, 0.25) is 26.2 Å². The first kappa shape index (κ1) is 43.2. The summed E-state index contributed by atoms with van der Waals surface area (Å²) >= 11 is 0. The van der Waals surface area contributed by atoms with E-state index in [2.05, 4.69) is 95.4 Å². The van der Waals surface area contributed by atoms with Gasteiger partial charge in [0.15, 0.2) is 0 Å². The Labute approximate surface area is 149 Å². The van der Waals surface area contributed by atoms with Gasteiger partial charge in [-0.25, -0.2) is 0 Å². The number of hydrogen-bond acceptors (Lipinski definition) is 0. The second-order valence-electron chi connectivity index (χ2n) is 10.5. The van der Waals surface area contributed by atoms with Crippen LogP contribution >= 0.6 is 0 Å². The summed E-state index contributed by atoms with van der Waals surface area (Å²) < 4.78 is 0. The molecule has 0 heterocycles. The minimum atomic E-state index is -0.611. The van der Waals surface area contributed by atoms with Crippen LogP contribution in [0.5, 0.6) is 0 Å². The minimum Gasteiger partial charge on any atom is -0.0776 e. The van der Waals surface area contributed by atoms with Crippen molar-refractivity contribution in [3.8, 4) is 0 Å². The molecular formula is C21H58Si. The molecule has 0 aliphatic heterocycles. The maximum absolute atomic E-state index is 2.33. The zero-order valence-electron chi connectivity index (χ0n) is 16.0. The molecule has 0 bridgehead atoms. The molecule has 0 aromatic heterocycles. The third-order valence-electron chi connectivity index (χ3n) is 2.25. The molecule has 0 N–H and O–H groups in total. The van der Waals surface area contributed by atoms with Crippen LogP contribution in [0.1, 0.15) is 98.9 Å². The highest BCUT2D eigenvalue weighted by molar-refractivity contribution is 6.74. The Morgan fingerprint density at radius 1 is 0.409 bits per heavy atom. The largest absolute Gasteiger partial charge is 0.0776 e. The van der Waals surface area contributed by atoms with Gasteiger partial charge in [-0.05, 0) is 16.2 Å². The van der Waals surface area contributed by atoms with Gasteiger partial charge in [0.2, 0.25) is 0 Å². The van der Waals surface area contributed by atoms with Crippen LogP contribution in [-0.2, 0) is 0 Å². The smallest absolute Gasteiger partial charge is 0.0411 e. The molecule has 0 spiro atoms. The lowest BCUT2D eigenvalue weighted by molar-refractivity contribution is 0.157. The van der Waals surface area contributed by atoms with Gasteiger partial charge in [-0.1, -0.05) is 125 Å². The first-order valence-electron chi connectivity index (χ1n) is 7.25. The van der Waals surface area contributed by atoms with E-state index in [-0.39, 0.29) is 29.7 Å². The average Bonchev–Trinajstić information content (AvgIpc) is 1.70. The zero-order valence-corrected chi connectivity index (χ0v) is 17.0. The normalized spacial score (nSPS) is 10.6. The van der Waals surface area contributed by atoms with Crippen molar-refractivity contribution in [1.29, 1.82) is 0 Å². The third kappa shape index (κ3) is 87.9. The van der Waals surface area contributed by atoms with Gasteiger partial charge in [0, 0.05) is 8.07 Å². The van der Waals surface area contributed by atoms with Crippen molar-refractivity contribution in [1.82, 2.24) is 0 Å². The first-order valence-corrected chi connectivity index (χ1v) is 11.2. The van der Waals surface area contributed by atoms with E-state index in [1.54, 1.807) is 0 Å². The average molecular weight is 339 g/mol. The molecule has 0 radical (unpaired) electrons. The van der Waals surface area contributed by atoms with Crippen LogP contribution in [0, 0.1) is 16.2 Å². The fourth-order valence-electron chi connectivity index (χ4n) is 0. The molecule has 0 aromatic rings. The summed E-state index contributed by atoms with van der Waals surface area (Å²) in [5.41, 5.74) is 1.38. The Hall–Kier alpha value is 0.217. The predicted octanol–water partition coefficient (Wildman–Crippen LogP) is 9.63. The molecular weight excluding hydrogens is 280 g/mol. The molecule has 0 rings (SSSR count). The van der Waals surface area contributed by atoms with Crippen molar-refractivity contribution in [2.24, 2.45) is 16.2 Å². The lowest BCUT2D eigenvalue weighted by Gasteiger charge is -2.34. The first-order chi connectivity index (χ1) is 7.25. The van der Waals surface area contributed by atoms with Gasteiger partial charge in [0.25, 0.3) is 0 Å². The molecule has 0 aliphatic rings. The lowest BCUT2D eigenvalue weighted by atomic mass is 9.71. The second kappa shape index (κ2) is 14.8. The maximum atomic E-state index is 2.33. The fourth-order valence-corrected chi connectivity index (χ4v) is 0. The minimum absolute atomic E-state index is 0. The summed E-state index contributed by atoms with van der Waals surface area (Å²) in [6.45, 7) is 31.7. The molecule has 146 valence electrons. The van der Waals surface area contributed by atoms with E-state index in [0.717, 1.165) is 0 Å². The maximum Gasteiger partial charge on any atom is 0.0411 e. The van der Waals surface area contributed by atoms with Gasteiger partial charge in [-0.3, -0.25) is 0 Å². The van der Waals surface area contributed by atoms with E-state index >= 15 is 0 Å². The third-order valence-corrected chi connectivity index (χ3v) is 2.25. The topological polar surface area (TPSA) is 0 Å². The molecule has 0 nitrogen and oxygen atoms in total. The van der Waals surface area contributed by atoms with Crippen LogP contribution in [0.3, 0.4) is 0 Å². The van der Waals surface area contributed by atoms with Crippen LogP contribution < -0.4 is 0 Å². The Bertz CT molecular complexity index is 152. The molecule has 22 heavy (non-hydrogen) atoms. The van der Waals surface area contributed by atoms with E-state index in [4.69, 9.17) is 0 Å². The molecule has 1 heteroatoms. The van der Waals surface area contributed by atoms with Crippen molar-refractivity contribution >= 4 is 8.07 Å². The summed E-state index contributed by atoms with van der Waals surface area (Å²) in [4.78, 5) is 0. The highest BCUT2D eigenvalue weighted by atomic mass is 28.3. The van der Waals surface area contributed by atoms with Gasteiger partial charge in [0.1, 0.15) is 0 Å². The van der Waals surface area contributed by atoms with Crippen molar-refractivity contribution in [2.45, 2.75) is 125 Å². The predicted molar refractivity (Wildman–Crippen MR) is 120 cm³/mol. The Morgan fingerprint density at radius 3 is 0.455 bits per heavy atom. The van der Waals surface area contributed by atoms with Crippen molar-refractivity contribution in [3.05, 3.63) is 0 Å². The SMILES string of the molecule is C.C.C.C.CC(C)(C)C.CC(C)(C)C(C)(C)C.C[Si](C)(C)C. The number of hydrogen-bond donors (Lipinski definition) is 0. The van der Waals surface area contributed by atoms with Crippen LogP contribution in [0.15, 0.2) is 0 Å². The fraction of sp³-hybridized carbons (Fsp3) is 1.00. The highest BCUT2D eigenvalue weighted by Gasteiger charge is 2.26. The van der Waals surface area contributed by atoms with Crippen LogP contribution in [-0.4, -0.2) is 8.07 Å². The molecule has 0 aromatic carbocycles. The van der Waals surface area contributed by atoms with E-state index < -0.39 is 8.07 Å². The summed E-state index contributed by atoms with van der Waals surface area (Å²) in [6.07, 6.45) is 0. The number of rotatable bonds is 0. The van der Waals surface area contributed by atoms with Crippen LogP contribution in [0.25, 0.3) is 0 Å². The second-order valence-corrected chi connectivity index (χ2v) is 16.5. The van der Waals surface area contributed by atoms with E-state index in [0.29, 0.717) is 16.2 Å². The highest BCUT2D eigenvalue weighted by Crippen LogP contribution is 2.36. The van der Waals surface area contributed by atoms with Gasteiger partial charge in [-0.2, -0.15) is 0 Å². The molecule has 0 saturated carbocycles. The van der Waals surface area contributed by atoms with Gasteiger partial charge >= 0.3 is 0 Å². The van der Waals surface area contributed by atoms with Crippen molar-refractivity contribution in [3.63, 3.8) is 0 Å².